The van der Waals surface area contributed by atoms with Gasteiger partial charge in [0.05, 0.1) is 19.3 Å². The molecule has 0 aromatic heterocycles. The van der Waals surface area contributed by atoms with Crippen molar-refractivity contribution in [3.05, 3.63) is 35.9 Å². The van der Waals surface area contributed by atoms with Gasteiger partial charge in [-0.2, -0.15) is 0 Å². The molecule has 0 aliphatic carbocycles. The van der Waals surface area contributed by atoms with Crippen LogP contribution < -0.4 is 5.32 Å². The summed E-state index contributed by atoms with van der Waals surface area (Å²) in [4.78, 5) is 11.7. The van der Waals surface area contributed by atoms with Gasteiger partial charge in [0.15, 0.2) is 0 Å². The third-order valence-corrected chi connectivity index (χ3v) is 2.64. The van der Waals surface area contributed by atoms with Gasteiger partial charge in [-0.05, 0) is 11.5 Å². The summed E-state index contributed by atoms with van der Waals surface area (Å²) in [5.41, 5.74) is 0.904. The van der Waals surface area contributed by atoms with Crippen LogP contribution in [0, 0.1) is 5.92 Å². The summed E-state index contributed by atoms with van der Waals surface area (Å²) in [5.74, 6) is 0.365. The number of carbonyl (C=O) groups excluding carboxylic acids is 1. The third-order valence-electron chi connectivity index (χ3n) is 2.64. The van der Waals surface area contributed by atoms with Gasteiger partial charge >= 0.3 is 0 Å². The number of aliphatic hydroxyl groups is 1. The molecule has 1 rings (SSSR count). The molecule has 2 N–H and O–H groups in total. The lowest BCUT2D eigenvalue weighted by molar-refractivity contribution is -0.123. The first kappa shape index (κ1) is 15.7. The number of nitrogens with one attached hydrogen (secondary N) is 1. The van der Waals surface area contributed by atoms with Crippen LogP contribution >= 0.6 is 0 Å². The van der Waals surface area contributed by atoms with Gasteiger partial charge in [-0.25, -0.2) is 0 Å². The lowest BCUT2D eigenvalue weighted by Crippen LogP contribution is -2.31. The smallest absolute Gasteiger partial charge is 0.222 e. The Labute approximate surface area is 114 Å². The molecule has 0 spiro atoms. The molecule has 1 aromatic carbocycles. The van der Waals surface area contributed by atoms with Gasteiger partial charge in [0.2, 0.25) is 5.91 Å². The summed E-state index contributed by atoms with van der Waals surface area (Å²) in [6, 6.07) is 9.09. The number of amides is 1. The summed E-state index contributed by atoms with van der Waals surface area (Å²) in [6.07, 6.45) is 0.316. The Kier molecular flexibility index (Phi) is 7.15. The average molecular weight is 265 g/mol. The van der Waals surface area contributed by atoms with E-state index in [2.05, 4.69) is 19.2 Å². The summed E-state index contributed by atoms with van der Waals surface area (Å²) in [6.45, 7) is 5.10. The van der Waals surface area contributed by atoms with Crippen molar-refractivity contribution < 1.29 is 14.6 Å². The molecule has 0 fully saturated rings. The Balaban J connectivity index is 2.33. The third kappa shape index (κ3) is 6.36. The zero-order chi connectivity index (χ0) is 14.1. The summed E-state index contributed by atoms with van der Waals surface area (Å²) >= 11 is 0. The molecule has 1 aromatic rings. The minimum absolute atomic E-state index is 0.105. The van der Waals surface area contributed by atoms with Crippen molar-refractivity contribution in [2.75, 3.05) is 19.8 Å². The number of benzene rings is 1. The molecular formula is C15H23NO3. The predicted molar refractivity (Wildman–Crippen MR) is 74.7 cm³/mol. The van der Waals surface area contributed by atoms with Crippen LogP contribution in [0.1, 0.15) is 31.9 Å². The zero-order valence-corrected chi connectivity index (χ0v) is 11.6. The topological polar surface area (TPSA) is 58.6 Å². The Morgan fingerprint density at radius 2 is 2.00 bits per heavy atom. The van der Waals surface area contributed by atoms with E-state index in [1.807, 2.05) is 30.3 Å². The van der Waals surface area contributed by atoms with Crippen molar-refractivity contribution in [3.8, 4) is 0 Å². The largest absolute Gasteiger partial charge is 0.394 e. The molecule has 4 nitrogen and oxygen atoms in total. The highest BCUT2D eigenvalue weighted by Gasteiger charge is 2.12. The van der Waals surface area contributed by atoms with Gasteiger partial charge in [0.25, 0.3) is 0 Å². The molecule has 19 heavy (non-hydrogen) atoms. The highest BCUT2D eigenvalue weighted by atomic mass is 16.5. The SMILES string of the molecule is CC(C)COCCC(=O)N[C@H](CO)c1ccccc1. The van der Waals surface area contributed by atoms with Crippen LogP contribution in [-0.2, 0) is 9.53 Å². The Bertz CT molecular complexity index is 365. The van der Waals surface area contributed by atoms with Crippen molar-refractivity contribution in [1.29, 1.82) is 0 Å². The first-order valence-electron chi connectivity index (χ1n) is 6.66. The Hall–Kier alpha value is -1.39. The van der Waals surface area contributed by atoms with E-state index in [4.69, 9.17) is 4.74 Å². The standard InChI is InChI=1S/C15H23NO3/c1-12(2)11-19-9-8-15(18)16-14(10-17)13-6-4-3-5-7-13/h3-7,12,14,17H,8-11H2,1-2H3,(H,16,18)/t14-/m1/s1. The highest BCUT2D eigenvalue weighted by Crippen LogP contribution is 2.11. The van der Waals surface area contributed by atoms with Crippen molar-refractivity contribution in [2.45, 2.75) is 26.3 Å². The van der Waals surface area contributed by atoms with Crippen LogP contribution in [0.25, 0.3) is 0 Å². The van der Waals surface area contributed by atoms with Gasteiger partial charge in [-0.3, -0.25) is 4.79 Å². The predicted octanol–water partition coefficient (Wildman–Crippen LogP) is 1.90. The number of rotatable bonds is 8. The van der Waals surface area contributed by atoms with E-state index in [9.17, 15) is 9.90 Å². The maximum atomic E-state index is 11.7. The number of aliphatic hydroxyl groups excluding tert-OH is 1. The Morgan fingerprint density at radius 3 is 2.58 bits per heavy atom. The fourth-order valence-corrected chi connectivity index (χ4v) is 1.67. The second-order valence-electron chi connectivity index (χ2n) is 4.93. The molecule has 0 aliphatic heterocycles. The van der Waals surface area contributed by atoms with Gasteiger partial charge in [-0.15, -0.1) is 0 Å². The molecule has 0 bridgehead atoms. The molecule has 106 valence electrons. The molecular weight excluding hydrogens is 242 g/mol. The van der Waals surface area contributed by atoms with Crippen molar-refractivity contribution >= 4 is 5.91 Å². The van der Waals surface area contributed by atoms with Crippen LogP contribution in [-0.4, -0.2) is 30.8 Å². The van der Waals surface area contributed by atoms with Crippen molar-refractivity contribution in [3.63, 3.8) is 0 Å². The molecule has 0 saturated carbocycles. The minimum Gasteiger partial charge on any atom is -0.394 e. The maximum Gasteiger partial charge on any atom is 0.222 e. The summed E-state index contributed by atoms with van der Waals surface area (Å²) in [7, 11) is 0. The molecule has 4 heteroatoms. The first-order valence-corrected chi connectivity index (χ1v) is 6.66. The van der Waals surface area contributed by atoms with Crippen molar-refractivity contribution in [1.82, 2.24) is 5.32 Å². The van der Waals surface area contributed by atoms with E-state index < -0.39 is 0 Å². The monoisotopic (exact) mass is 265 g/mol. The van der Waals surface area contributed by atoms with Crippen LogP contribution in [0.3, 0.4) is 0 Å². The van der Waals surface area contributed by atoms with Crippen LogP contribution in [0.2, 0.25) is 0 Å². The molecule has 0 aliphatic rings. The van der Waals surface area contributed by atoms with Crippen molar-refractivity contribution in [2.24, 2.45) is 5.92 Å². The quantitative estimate of drug-likeness (QED) is 0.706. The fourth-order valence-electron chi connectivity index (χ4n) is 1.67. The Morgan fingerprint density at radius 1 is 1.32 bits per heavy atom. The second kappa shape index (κ2) is 8.67. The molecule has 1 atom stereocenters. The number of carbonyl (C=O) groups is 1. The number of hydrogen-bond acceptors (Lipinski definition) is 3. The number of hydrogen-bond donors (Lipinski definition) is 2. The summed E-state index contributed by atoms with van der Waals surface area (Å²) in [5, 5.41) is 12.1. The first-order chi connectivity index (χ1) is 9.13. The number of ether oxygens (including phenoxy) is 1. The zero-order valence-electron chi connectivity index (χ0n) is 11.6. The molecule has 1 amide bonds. The van der Waals surface area contributed by atoms with Gasteiger partial charge < -0.3 is 15.2 Å². The fraction of sp³-hybridized carbons (Fsp3) is 0.533. The van der Waals surface area contributed by atoms with E-state index in [1.165, 1.54) is 0 Å². The maximum absolute atomic E-state index is 11.7. The molecule has 0 radical (unpaired) electrons. The average Bonchev–Trinajstić information content (AvgIpc) is 2.41. The lowest BCUT2D eigenvalue weighted by Gasteiger charge is -2.16. The van der Waals surface area contributed by atoms with E-state index in [1.54, 1.807) is 0 Å². The molecule has 0 unspecified atom stereocenters. The van der Waals surface area contributed by atoms with Gasteiger partial charge in [0.1, 0.15) is 0 Å². The van der Waals surface area contributed by atoms with E-state index in [0.29, 0.717) is 25.6 Å². The van der Waals surface area contributed by atoms with Crippen LogP contribution in [0.4, 0.5) is 0 Å². The normalized spacial score (nSPS) is 12.4. The van der Waals surface area contributed by atoms with Gasteiger partial charge in [0, 0.05) is 13.0 Å². The van der Waals surface area contributed by atoms with Crippen LogP contribution in [0.5, 0.6) is 0 Å². The minimum atomic E-state index is -0.348. The highest BCUT2D eigenvalue weighted by molar-refractivity contribution is 5.76. The van der Waals surface area contributed by atoms with E-state index in [-0.39, 0.29) is 18.6 Å². The van der Waals surface area contributed by atoms with E-state index >= 15 is 0 Å². The molecule has 0 saturated heterocycles. The molecule has 0 heterocycles. The van der Waals surface area contributed by atoms with Crippen LogP contribution in [0.15, 0.2) is 30.3 Å². The lowest BCUT2D eigenvalue weighted by atomic mass is 10.1. The van der Waals surface area contributed by atoms with Gasteiger partial charge in [-0.1, -0.05) is 44.2 Å². The summed E-state index contributed by atoms with van der Waals surface area (Å²) < 4.78 is 5.36. The van der Waals surface area contributed by atoms with E-state index in [0.717, 1.165) is 5.56 Å². The second-order valence-corrected chi connectivity index (χ2v) is 4.93.